The van der Waals surface area contributed by atoms with Crippen molar-refractivity contribution >= 4 is 27.8 Å². The highest BCUT2D eigenvalue weighted by Crippen LogP contribution is 2.36. The van der Waals surface area contributed by atoms with Gasteiger partial charge in [-0.3, -0.25) is 4.79 Å². The third kappa shape index (κ3) is 3.68. The molecule has 0 radical (unpaired) electrons. The molecule has 1 aromatic carbocycles. The van der Waals surface area contributed by atoms with Crippen LogP contribution in [0, 0.1) is 6.92 Å². The Kier molecular flexibility index (Phi) is 5.48. The van der Waals surface area contributed by atoms with Gasteiger partial charge in [0.05, 0.1) is 12.0 Å². The number of carboxylic acids is 1. The summed E-state index contributed by atoms with van der Waals surface area (Å²) in [5.74, 6) is -0.393. The van der Waals surface area contributed by atoms with E-state index >= 15 is 0 Å². The molecule has 1 aliphatic rings. The minimum Gasteiger partial charge on any atom is -0.478 e. The maximum absolute atomic E-state index is 13.1. The molecule has 0 spiro atoms. The number of halogens is 1. The number of hydrogen-bond donors (Lipinski definition) is 2. The van der Waals surface area contributed by atoms with E-state index in [4.69, 9.17) is 14.3 Å². The van der Waals surface area contributed by atoms with Crippen LogP contribution in [0.1, 0.15) is 40.3 Å². The summed E-state index contributed by atoms with van der Waals surface area (Å²) in [6.45, 7) is 2.78. The van der Waals surface area contributed by atoms with E-state index in [9.17, 15) is 9.59 Å². The highest BCUT2D eigenvalue weighted by molar-refractivity contribution is 9.10. The van der Waals surface area contributed by atoms with Crippen LogP contribution in [0.4, 0.5) is 0 Å². The van der Waals surface area contributed by atoms with E-state index in [0.29, 0.717) is 37.6 Å². The molecule has 138 valence electrons. The number of carbonyl (C=O) groups excluding carboxylic acids is 1. The summed E-state index contributed by atoms with van der Waals surface area (Å²) >= 11 is 3.42. The van der Waals surface area contributed by atoms with Crippen molar-refractivity contribution in [3.05, 3.63) is 57.5 Å². The molecule has 0 unspecified atom stereocenters. The number of aromatic carboxylic acids is 1. The standard InChI is InChI=1S/C19H20BrNO5/c1-12-16(17(22)23)10-15(26-12)11-21-18(24)19(6-8-25-9-7-19)13-2-4-14(20)5-3-13/h2-5,10H,6-9,11H2,1H3,(H,21,24)(H,22,23). The van der Waals surface area contributed by atoms with Crippen molar-refractivity contribution < 1.29 is 23.8 Å². The third-order valence-corrected chi connectivity index (χ3v) is 5.33. The molecule has 7 heteroatoms. The van der Waals surface area contributed by atoms with Gasteiger partial charge in [0, 0.05) is 17.7 Å². The second-order valence-electron chi connectivity index (χ2n) is 6.37. The summed E-state index contributed by atoms with van der Waals surface area (Å²) in [5, 5.41) is 12.0. The van der Waals surface area contributed by atoms with Gasteiger partial charge in [-0.15, -0.1) is 0 Å². The van der Waals surface area contributed by atoms with Gasteiger partial charge in [0.2, 0.25) is 5.91 Å². The lowest BCUT2D eigenvalue weighted by molar-refractivity contribution is -0.130. The number of rotatable bonds is 5. The van der Waals surface area contributed by atoms with Crippen molar-refractivity contribution in [2.45, 2.75) is 31.7 Å². The molecule has 1 saturated heterocycles. The molecule has 0 saturated carbocycles. The molecule has 1 fully saturated rings. The van der Waals surface area contributed by atoms with Crippen LogP contribution in [0.3, 0.4) is 0 Å². The summed E-state index contributed by atoms with van der Waals surface area (Å²) in [6.07, 6.45) is 1.19. The first-order valence-electron chi connectivity index (χ1n) is 8.37. The SMILES string of the molecule is Cc1oc(CNC(=O)C2(c3ccc(Br)cc3)CCOCC2)cc1C(=O)O. The van der Waals surface area contributed by atoms with Gasteiger partial charge < -0.3 is 19.6 Å². The third-order valence-electron chi connectivity index (χ3n) is 4.80. The van der Waals surface area contributed by atoms with Crippen molar-refractivity contribution in [2.75, 3.05) is 13.2 Å². The molecular weight excluding hydrogens is 402 g/mol. The van der Waals surface area contributed by atoms with Gasteiger partial charge in [-0.1, -0.05) is 28.1 Å². The van der Waals surface area contributed by atoms with Crippen LogP contribution in [0.25, 0.3) is 0 Å². The largest absolute Gasteiger partial charge is 0.478 e. The molecule has 2 N–H and O–H groups in total. The van der Waals surface area contributed by atoms with Crippen LogP contribution in [0.2, 0.25) is 0 Å². The van der Waals surface area contributed by atoms with Gasteiger partial charge in [0.25, 0.3) is 0 Å². The molecule has 1 amide bonds. The number of nitrogens with one attached hydrogen (secondary N) is 1. The molecule has 6 nitrogen and oxygen atoms in total. The van der Waals surface area contributed by atoms with E-state index in [1.54, 1.807) is 6.92 Å². The summed E-state index contributed by atoms with van der Waals surface area (Å²) in [7, 11) is 0. The Hall–Kier alpha value is -2.12. The fraction of sp³-hybridized carbons (Fsp3) is 0.368. The van der Waals surface area contributed by atoms with Crippen LogP contribution in [0.5, 0.6) is 0 Å². The van der Waals surface area contributed by atoms with Gasteiger partial charge in [-0.25, -0.2) is 4.79 Å². The highest BCUT2D eigenvalue weighted by atomic mass is 79.9. The van der Waals surface area contributed by atoms with Gasteiger partial charge in [-0.05, 0) is 43.5 Å². The summed E-state index contributed by atoms with van der Waals surface area (Å²) < 4.78 is 11.9. The van der Waals surface area contributed by atoms with Crippen molar-refractivity contribution in [3.8, 4) is 0 Å². The summed E-state index contributed by atoms with van der Waals surface area (Å²) in [5.41, 5.74) is 0.405. The van der Waals surface area contributed by atoms with Crippen LogP contribution in [-0.4, -0.2) is 30.2 Å². The van der Waals surface area contributed by atoms with Crippen molar-refractivity contribution in [1.29, 1.82) is 0 Å². The molecule has 0 aliphatic carbocycles. The lowest BCUT2D eigenvalue weighted by Gasteiger charge is -2.36. The number of amides is 1. The molecule has 0 atom stereocenters. The lowest BCUT2D eigenvalue weighted by atomic mass is 9.73. The van der Waals surface area contributed by atoms with E-state index in [0.717, 1.165) is 10.0 Å². The first-order valence-corrected chi connectivity index (χ1v) is 9.16. The van der Waals surface area contributed by atoms with E-state index in [2.05, 4.69) is 21.2 Å². The number of hydrogen-bond acceptors (Lipinski definition) is 4. The minimum absolute atomic E-state index is 0.103. The number of aryl methyl sites for hydroxylation is 1. The van der Waals surface area contributed by atoms with Crippen molar-refractivity contribution in [3.63, 3.8) is 0 Å². The highest BCUT2D eigenvalue weighted by Gasteiger charge is 2.41. The fourth-order valence-electron chi connectivity index (χ4n) is 3.32. The Bertz CT molecular complexity index is 806. The zero-order chi connectivity index (χ0) is 18.7. The second kappa shape index (κ2) is 7.63. The first-order chi connectivity index (χ1) is 12.4. The maximum Gasteiger partial charge on any atom is 0.339 e. The molecule has 1 aromatic heterocycles. The molecule has 3 rings (SSSR count). The smallest absolute Gasteiger partial charge is 0.339 e. The van der Waals surface area contributed by atoms with E-state index in [-0.39, 0.29) is 18.0 Å². The monoisotopic (exact) mass is 421 g/mol. The normalized spacial score (nSPS) is 16.2. The molecule has 0 bridgehead atoms. The maximum atomic E-state index is 13.1. The fourth-order valence-corrected chi connectivity index (χ4v) is 3.58. The first kappa shape index (κ1) is 18.7. The predicted molar refractivity (Wildman–Crippen MR) is 98.1 cm³/mol. The number of furan rings is 1. The Balaban J connectivity index is 1.79. The molecule has 2 heterocycles. The van der Waals surface area contributed by atoms with Crippen molar-refractivity contribution in [1.82, 2.24) is 5.32 Å². The minimum atomic E-state index is -1.04. The van der Waals surface area contributed by atoms with Crippen LogP contribution in [0.15, 0.2) is 39.2 Å². The quantitative estimate of drug-likeness (QED) is 0.771. The lowest BCUT2D eigenvalue weighted by Crippen LogP contribution is -2.47. The topological polar surface area (TPSA) is 88.8 Å². The number of ether oxygens (including phenoxy) is 1. The second-order valence-corrected chi connectivity index (χ2v) is 7.29. The average molecular weight is 422 g/mol. The average Bonchev–Trinajstić information content (AvgIpc) is 3.02. The van der Waals surface area contributed by atoms with Crippen LogP contribution >= 0.6 is 15.9 Å². The molecule has 1 aliphatic heterocycles. The number of carbonyl (C=O) groups is 2. The van der Waals surface area contributed by atoms with E-state index in [1.165, 1.54) is 6.07 Å². The zero-order valence-corrected chi connectivity index (χ0v) is 16.0. The Morgan fingerprint density at radius 1 is 1.23 bits per heavy atom. The van der Waals surface area contributed by atoms with Gasteiger partial charge in [0.15, 0.2) is 0 Å². The molecular formula is C19H20BrNO5. The van der Waals surface area contributed by atoms with Gasteiger partial charge in [-0.2, -0.15) is 0 Å². The Labute approximate surface area is 159 Å². The Morgan fingerprint density at radius 3 is 2.46 bits per heavy atom. The van der Waals surface area contributed by atoms with Gasteiger partial charge in [0.1, 0.15) is 17.1 Å². The van der Waals surface area contributed by atoms with E-state index < -0.39 is 11.4 Å². The van der Waals surface area contributed by atoms with E-state index in [1.807, 2.05) is 24.3 Å². The zero-order valence-electron chi connectivity index (χ0n) is 14.4. The number of carboxylic acid groups (broad SMARTS) is 1. The summed E-state index contributed by atoms with van der Waals surface area (Å²) in [4.78, 5) is 24.2. The van der Waals surface area contributed by atoms with Crippen LogP contribution < -0.4 is 5.32 Å². The van der Waals surface area contributed by atoms with Crippen LogP contribution in [-0.2, 0) is 21.5 Å². The molecule has 2 aromatic rings. The van der Waals surface area contributed by atoms with Crippen molar-refractivity contribution in [2.24, 2.45) is 0 Å². The Morgan fingerprint density at radius 2 is 1.88 bits per heavy atom. The summed E-state index contributed by atoms with van der Waals surface area (Å²) in [6, 6.07) is 9.21. The predicted octanol–water partition coefficient (Wildman–Crippen LogP) is 3.41. The molecule has 26 heavy (non-hydrogen) atoms. The number of benzene rings is 1. The van der Waals surface area contributed by atoms with Gasteiger partial charge >= 0.3 is 5.97 Å².